The molecule has 4 aliphatic carbocycles. The van der Waals surface area contributed by atoms with Crippen LogP contribution in [0.5, 0.6) is 5.75 Å². The fourth-order valence-electron chi connectivity index (χ4n) is 5.00. The number of carbonyl (C=O) groups excluding carboxylic acids is 1. The fraction of sp³-hybridized carbons (Fsp3) is 0.562. The summed E-state index contributed by atoms with van der Waals surface area (Å²) in [6.07, 6.45) is 5.89. The van der Waals surface area contributed by atoms with E-state index in [2.05, 4.69) is 10.6 Å². The van der Waals surface area contributed by atoms with E-state index in [1.165, 1.54) is 31.4 Å². The third-order valence-electron chi connectivity index (χ3n) is 5.59. The highest BCUT2D eigenvalue weighted by molar-refractivity contribution is 5.91. The molecule has 0 aromatic heterocycles. The average Bonchev–Trinajstić information content (AvgIpc) is 2.79. The first-order chi connectivity index (χ1) is 10.1. The fourth-order valence-corrected chi connectivity index (χ4v) is 5.00. The Hall–Kier alpha value is -1.78. The normalized spacial score (nSPS) is 36.0. The largest absolute Gasteiger partial charge is 0.503 e. The topological polar surface area (TPSA) is 61.4 Å². The number of amides is 2. The van der Waals surface area contributed by atoms with Crippen LogP contribution in [0.3, 0.4) is 0 Å². The van der Waals surface area contributed by atoms with E-state index in [4.69, 9.17) is 0 Å². The van der Waals surface area contributed by atoms with E-state index in [1.807, 2.05) is 0 Å². The molecular weight excluding hydrogens is 271 g/mol. The van der Waals surface area contributed by atoms with Crippen LogP contribution in [0.2, 0.25) is 0 Å². The second-order valence-electron chi connectivity index (χ2n) is 6.92. The lowest BCUT2D eigenvalue weighted by Crippen LogP contribution is -2.51. The van der Waals surface area contributed by atoms with Crippen molar-refractivity contribution in [2.45, 2.75) is 37.6 Å². The van der Waals surface area contributed by atoms with E-state index >= 15 is 0 Å². The van der Waals surface area contributed by atoms with Gasteiger partial charge in [0.25, 0.3) is 0 Å². The summed E-state index contributed by atoms with van der Waals surface area (Å²) < 4.78 is 13.3. The van der Waals surface area contributed by atoms with Crippen molar-refractivity contribution in [1.82, 2.24) is 5.32 Å². The van der Waals surface area contributed by atoms with Crippen LogP contribution in [-0.4, -0.2) is 16.7 Å². The second kappa shape index (κ2) is 4.36. The molecular formula is C16H19FN2O2. The number of para-hydroxylation sites is 1. The zero-order valence-electron chi connectivity index (χ0n) is 11.7. The molecule has 3 N–H and O–H groups in total. The van der Waals surface area contributed by atoms with Gasteiger partial charge in [0.1, 0.15) is 0 Å². The molecule has 2 amide bonds. The van der Waals surface area contributed by atoms with E-state index in [9.17, 15) is 14.3 Å². The molecule has 112 valence electrons. The van der Waals surface area contributed by atoms with Gasteiger partial charge in [0, 0.05) is 5.54 Å². The minimum absolute atomic E-state index is 0.0688. The molecule has 4 aliphatic rings. The zero-order valence-corrected chi connectivity index (χ0v) is 11.7. The molecule has 0 radical (unpaired) electrons. The summed E-state index contributed by atoms with van der Waals surface area (Å²) in [6, 6.07) is 3.78. The van der Waals surface area contributed by atoms with Crippen molar-refractivity contribution >= 4 is 11.7 Å². The van der Waals surface area contributed by atoms with Gasteiger partial charge in [-0.15, -0.1) is 0 Å². The lowest BCUT2D eigenvalue weighted by Gasteiger charge is -2.33. The van der Waals surface area contributed by atoms with Gasteiger partial charge in [-0.05, 0) is 62.0 Å². The van der Waals surface area contributed by atoms with Gasteiger partial charge in [-0.2, -0.15) is 0 Å². The van der Waals surface area contributed by atoms with Crippen LogP contribution in [0.1, 0.15) is 32.1 Å². The Labute approximate surface area is 122 Å². The lowest BCUT2D eigenvalue weighted by molar-refractivity contribution is 0.215. The summed E-state index contributed by atoms with van der Waals surface area (Å²) in [6.45, 7) is 0. The Bertz CT molecular complexity index is 590. The number of phenols is 1. The predicted molar refractivity (Wildman–Crippen MR) is 76.5 cm³/mol. The number of carbonyl (C=O) groups is 1. The van der Waals surface area contributed by atoms with Crippen molar-refractivity contribution < 1.29 is 14.3 Å². The second-order valence-corrected chi connectivity index (χ2v) is 6.92. The molecule has 2 atom stereocenters. The highest BCUT2D eigenvalue weighted by Gasteiger charge is 2.58. The predicted octanol–water partition coefficient (Wildman–Crippen LogP) is 3.23. The van der Waals surface area contributed by atoms with Crippen LogP contribution in [0.25, 0.3) is 0 Å². The molecule has 1 aromatic carbocycles. The van der Waals surface area contributed by atoms with Crippen molar-refractivity contribution in [1.29, 1.82) is 0 Å². The molecule has 5 heteroatoms. The van der Waals surface area contributed by atoms with Gasteiger partial charge in [-0.3, -0.25) is 0 Å². The summed E-state index contributed by atoms with van der Waals surface area (Å²) in [5.74, 6) is 0.859. The maximum atomic E-state index is 13.3. The molecule has 4 saturated carbocycles. The molecule has 5 rings (SSSR count). The first-order valence-electron chi connectivity index (χ1n) is 7.62. The highest BCUT2D eigenvalue weighted by atomic mass is 19.1. The van der Waals surface area contributed by atoms with Crippen molar-refractivity contribution in [2.24, 2.45) is 17.8 Å². The van der Waals surface area contributed by atoms with Crippen molar-refractivity contribution in [3.63, 3.8) is 0 Å². The van der Waals surface area contributed by atoms with Gasteiger partial charge in [-0.25, -0.2) is 9.18 Å². The summed E-state index contributed by atoms with van der Waals surface area (Å²) in [5.41, 5.74) is 0.0438. The van der Waals surface area contributed by atoms with Crippen LogP contribution in [0.4, 0.5) is 14.9 Å². The van der Waals surface area contributed by atoms with Crippen LogP contribution in [-0.2, 0) is 0 Å². The van der Waals surface area contributed by atoms with Crippen LogP contribution in [0.15, 0.2) is 18.2 Å². The molecule has 2 unspecified atom stereocenters. The maximum absolute atomic E-state index is 13.3. The summed E-state index contributed by atoms with van der Waals surface area (Å²) in [4.78, 5) is 12.2. The van der Waals surface area contributed by atoms with E-state index in [0.717, 1.165) is 30.7 Å². The first-order valence-corrected chi connectivity index (χ1v) is 7.62. The lowest BCUT2D eigenvalue weighted by atomic mass is 9.80. The minimum Gasteiger partial charge on any atom is -0.503 e. The number of benzene rings is 1. The van der Waals surface area contributed by atoms with Gasteiger partial charge in [-0.1, -0.05) is 6.07 Å². The number of urea groups is 1. The van der Waals surface area contributed by atoms with E-state index < -0.39 is 11.6 Å². The van der Waals surface area contributed by atoms with Gasteiger partial charge >= 0.3 is 6.03 Å². The van der Waals surface area contributed by atoms with Crippen LogP contribution in [0, 0.1) is 23.6 Å². The molecule has 0 aliphatic heterocycles. The molecule has 4 fully saturated rings. The standard InChI is InChI=1S/C16H19FN2O2/c17-12-2-1-3-13(14(12)20)18-15(21)19-16-7-9-4-10(8-16)6-11(16)5-9/h1-3,9-11,20H,4-8H2,(H2,18,19,21). The van der Waals surface area contributed by atoms with Crippen molar-refractivity contribution in [3.8, 4) is 5.75 Å². The smallest absolute Gasteiger partial charge is 0.319 e. The van der Waals surface area contributed by atoms with Crippen LogP contribution < -0.4 is 10.6 Å². The molecule has 4 nitrogen and oxygen atoms in total. The van der Waals surface area contributed by atoms with Crippen molar-refractivity contribution in [2.75, 3.05) is 5.32 Å². The number of halogens is 1. The summed E-state index contributed by atoms with van der Waals surface area (Å²) in [7, 11) is 0. The Kier molecular flexibility index (Phi) is 2.68. The number of phenolic OH excluding ortho intramolecular Hbond substituents is 1. The van der Waals surface area contributed by atoms with Crippen LogP contribution >= 0.6 is 0 Å². The van der Waals surface area contributed by atoms with Gasteiger partial charge in [0.2, 0.25) is 0 Å². The summed E-state index contributed by atoms with van der Waals surface area (Å²) >= 11 is 0. The molecule has 4 bridgehead atoms. The van der Waals surface area contributed by atoms with E-state index in [0.29, 0.717) is 5.92 Å². The number of anilines is 1. The Morgan fingerprint density at radius 2 is 1.95 bits per heavy atom. The highest BCUT2D eigenvalue weighted by Crippen LogP contribution is 2.60. The molecule has 0 saturated heterocycles. The Morgan fingerprint density at radius 1 is 1.24 bits per heavy atom. The average molecular weight is 290 g/mol. The number of aromatic hydroxyl groups is 1. The third-order valence-corrected chi connectivity index (χ3v) is 5.59. The summed E-state index contributed by atoms with van der Waals surface area (Å²) in [5, 5.41) is 15.3. The third kappa shape index (κ3) is 1.98. The Balaban J connectivity index is 1.48. The number of rotatable bonds is 2. The van der Waals surface area contributed by atoms with Gasteiger partial charge in [0.15, 0.2) is 11.6 Å². The number of nitrogens with one attached hydrogen (secondary N) is 2. The Morgan fingerprint density at radius 3 is 2.67 bits per heavy atom. The van der Waals surface area contributed by atoms with E-state index in [1.54, 1.807) is 0 Å². The first kappa shape index (κ1) is 12.9. The maximum Gasteiger partial charge on any atom is 0.319 e. The number of hydrogen-bond donors (Lipinski definition) is 3. The SMILES string of the molecule is O=C(Nc1cccc(F)c1O)NC12CC3CC(CC1C3)C2. The molecule has 1 aromatic rings. The van der Waals surface area contributed by atoms with Gasteiger partial charge in [0.05, 0.1) is 5.69 Å². The monoisotopic (exact) mass is 290 g/mol. The zero-order chi connectivity index (χ0) is 14.6. The number of hydrogen-bond acceptors (Lipinski definition) is 2. The van der Waals surface area contributed by atoms with E-state index in [-0.39, 0.29) is 17.3 Å². The molecule has 0 spiro atoms. The quantitative estimate of drug-likeness (QED) is 0.732. The van der Waals surface area contributed by atoms with Gasteiger partial charge < -0.3 is 15.7 Å². The molecule has 21 heavy (non-hydrogen) atoms. The minimum atomic E-state index is -0.730. The molecule has 0 heterocycles. The van der Waals surface area contributed by atoms with Crippen molar-refractivity contribution in [3.05, 3.63) is 24.0 Å².